The molecule has 1 saturated carbocycles. The summed E-state index contributed by atoms with van der Waals surface area (Å²) in [6.07, 6.45) is 5.16. The van der Waals surface area contributed by atoms with Gasteiger partial charge in [0.25, 0.3) is 0 Å². The van der Waals surface area contributed by atoms with Crippen LogP contribution in [0.25, 0.3) is 0 Å². The summed E-state index contributed by atoms with van der Waals surface area (Å²) in [4.78, 5) is 4.67. The van der Waals surface area contributed by atoms with E-state index in [-0.39, 0.29) is 5.41 Å². The van der Waals surface area contributed by atoms with E-state index in [2.05, 4.69) is 40.6 Å². The molecule has 1 fully saturated rings. The molecule has 0 saturated heterocycles. The Kier molecular flexibility index (Phi) is 2.43. The molecule has 1 aliphatic carbocycles. The smallest absolute Gasteiger partial charge is 0.107 e. The zero-order valence-electron chi connectivity index (χ0n) is 9.58. The lowest BCUT2D eigenvalue weighted by Gasteiger charge is -2.30. The van der Waals surface area contributed by atoms with Gasteiger partial charge in [0, 0.05) is 6.54 Å². The van der Waals surface area contributed by atoms with E-state index in [1.807, 2.05) is 0 Å². The molecule has 0 unspecified atom stereocenters. The fourth-order valence-electron chi connectivity index (χ4n) is 3.12. The van der Waals surface area contributed by atoms with Gasteiger partial charge >= 0.3 is 0 Å². The standard InChI is InChI=1S/C14H18N2/c1-2-6-12(7-3-1)14(8-4-5-9-14)13-15-10-11-16-13/h1-3,6-7H,4-5,8-11H2,(H,15,16). The normalized spacial score (nSPS) is 22.9. The highest BCUT2D eigenvalue weighted by atomic mass is 15.1. The lowest BCUT2D eigenvalue weighted by Crippen LogP contribution is -2.40. The lowest BCUT2D eigenvalue weighted by molar-refractivity contribution is 0.584. The summed E-state index contributed by atoms with van der Waals surface area (Å²) in [5.74, 6) is 1.25. The molecule has 1 aromatic carbocycles. The van der Waals surface area contributed by atoms with Crippen LogP contribution in [-0.4, -0.2) is 18.9 Å². The van der Waals surface area contributed by atoms with Crippen LogP contribution in [0.15, 0.2) is 35.3 Å². The van der Waals surface area contributed by atoms with Gasteiger partial charge in [-0.1, -0.05) is 43.2 Å². The van der Waals surface area contributed by atoms with E-state index in [0.717, 1.165) is 13.1 Å². The lowest BCUT2D eigenvalue weighted by atomic mass is 9.77. The number of hydrogen-bond acceptors (Lipinski definition) is 2. The Morgan fingerprint density at radius 2 is 1.81 bits per heavy atom. The molecule has 0 atom stereocenters. The second-order valence-electron chi connectivity index (χ2n) is 4.81. The van der Waals surface area contributed by atoms with Crippen LogP contribution < -0.4 is 5.32 Å². The average Bonchev–Trinajstić information content (AvgIpc) is 3.02. The third kappa shape index (κ3) is 1.44. The van der Waals surface area contributed by atoms with Crippen molar-refractivity contribution in [3.63, 3.8) is 0 Å². The van der Waals surface area contributed by atoms with Gasteiger partial charge in [-0.05, 0) is 18.4 Å². The summed E-state index contributed by atoms with van der Waals surface area (Å²) in [5, 5.41) is 3.49. The van der Waals surface area contributed by atoms with Crippen LogP contribution in [-0.2, 0) is 5.41 Å². The Labute approximate surface area is 96.8 Å². The van der Waals surface area contributed by atoms with E-state index in [1.165, 1.54) is 37.1 Å². The van der Waals surface area contributed by atoms with Gasteiger partial charge < -0.3 is 5.32 Å². The van der Waals surface area contributed by atoms with Gasteiger partial charge in [-0.15, -0.1) is 0 Å². The highest BCUT2D eigenvalue weighted by Crippen LogP contribution is 2.42. The predicted molar refractivity (Wildman–Crippen MR) is 66.9 cm³/mol. The zero-order valence-corrected chi connectivity index (χ0v) is 9.58. The van der Waals surface area contributed by atoms with E-state index < -0.39 is 0 Å². The molecule has 1 heterocycles. The molecule has 0 aromatic heterocycles. The van der Waals surface area contributed by atoms with Crippen molar-refractivity contribution in [2.24, 2.45) is 4.99 Å². The number of aliphatic imine (C=N–C) groups is 1. The number of nitrogens with zero attached hydrogens (tertiary/aromatic N) is 1. The topological polar surface area (TPSA) is 24.4 Å². The molecule has 1 N–H and O–H groups in total. The molecule has 2 nitrogen and oxygen atoms in total. The zero-order chi connectivity index (χ0) is 10.8. The van der Waals surface area contributed by atoms with E-state index in [0.29, 0.717) is 0 Å². The van der Waals surface area contributed by atoms with Crippen LogP contribution in [0.4, 0.5) is 0 Å². The van der Waals surface area contributed by atoms with Crippen molar-refractivity contribution in [2.75, 3.05) is 13.1 Å². The maximum Gasteiger partial charge on any atom is 0.107 e. The van der Waals surface area contributed by atoms with Crippen molar-refractivity contribution in [3.8, 4) is 0 Å². The van der Waals surface area contributed by atoms with Gasteiger partial charge in [-0.25, -0.2) is 0 Å². The third-order valence-electron chi connectivity index (χ3n) is 3.91. The van der Waals surface area contributed by atoms with Crippen LogP contribution in [0, 0.1) is 0 Å². The molecular weight excluding hydrogens is 196 g/mol. The van der Waals surface area contributed by atoms with Crippen LogP contribution in [0.5, 0.6) is 0 Å². The molecule has 3 rings (SSSR count). The van der Waals surface area contributed by atoms with Crippen molar-refractivity contribution in [1.29, 1.82) is 0 Å². The predicted octanol–water partition coefficient (Wildman–Crippen LogP) is 2.50. The Balaban J connectivity index is 2.03. The summed E-state index contributed by atoms with van der Waals surface area (Å²) in [6.45, 7) is 1.97. The fraction of sp³-hybridized carbons (Fsp3) is 0.500. The molecule has 1 aliphatic heterocycles. The number of hydrogen-bond donors (Lipinski definition) is 1. The maximum atomic E-state index is 4.67. The van der Waals surface area contributed by atoms with Gasteiger partial charge in [-0.2, -0.15) is 0 Å². The molecule has 0 radical (unpaired) electrons. The fourth-order valence-corrected chi connectivity index (χ4v) is 3.12. The summed E-state index contributed by atoms with van der Waals surface area (Å²) in [5.41, 5.74) is 1.65. The van der Waals surface area contributed by atoms with Gasteiger partial charge in [0.1, 0.15) is 5.84 Å². The quantitative estimate of drug-likeness (QED) is 0.803. The second kappa shape index (κ2) is 3.93. The van der Waals surface area contributed by atoms with Gasteiger partial charge in [0.2, 0.25) is 0 Å². The second-order valence-corrected chi connectivity index (χ2v) is 4.81. The first-order valence-electron chi connectivity index (χ1n) is 6.26. The van der Waals surface area contributed by atoms with Gasteiger partial charge in [-0.3, -0.25) is 4.99 Å². The van der Waals surface area contributed by atoms with E-state index >= 15 is 0 Å². The van der Waals surface area contributed by atoms with Crippen molar-refractivity contribution in [1.82, 2.24) is 5.32 Å². The minimum Gasteiger partial charge on any atom is -0.371 e. The summed E-state index contributed by atoms with van der Waals surface area (Å²) in [7, 11) is 0. The van der Waals surface area contributed by atoms with E-state index in [9.17, 15) is 0 Å². The van der Waals surface area contributed by atoms with E-state index in [1.54, 1.807) is 0 Å². The average molecular weight is 214 g/mol. The molecule has 1 aromatic rings. The molecule has 16 heavy (non-hydrogen) atoms. The highest BCUT2D eigenvalue weighted by Gasteiger charge is 2.41. The van der Waals surface area contributed by atoms with Crippen LogP contribution in [0.2, 0.25) is 0 Å². The van der Waals surface area contributed by atoms with Crippen molar-refractivity contribution < 1.29 is 0 Å². The van der Waals surface area contributed by atoms with Crippen molar-refractivity contribution in [2.45, 2.75) is 31.1 Å². The van der Waals surface area contributed by atoms with Crippen molar-refractivity contribution in [3.05, 3.63) is 35.9 Å². The SMILES string of the molecule is c1ccc(C2(C3=NCCN3)CCCC2)cc1. The molecule has 2 aliphatic rings. The summed E-state index contributed by atoms with van der Waals surface area (Å²) in [6, 6.07) is 10.9. The van der Waals surface area contributed by atoms with Crippen molar-refractivity contribution >= 4 is 5.84 Å². The highest BCUT2D eigenvalue weighted by molar-refractivity contribution is 5.94. The third-order valence-corrected chi connectivity index (χ3v) is 3.91. The Morgan fingerprint density at radius 1 is 1.06 bits per heavy atom. The monoisotopic (exact) mass is 214 g/mol. The largest absolute Gasteiger partial charge is 0.371 e. The minimum absolute atomic E-state index is 0.206. The number of benzene rings is 1. The van der Waals surface area contributed by atoms with Gasteiger partial charge in [0.05, 0.1) is 12.0 Å². The Bertz CT molecular complexity index is 388. The van der Waals surface area contributed by atoms with Crippen LogP contribution >= 0.6 is 0 Å². The van der Waals surface area contributed by atoms with E-state index in [4.69, 9.17) is 0 Å². The maximum absolute atomic E-state index is 4.67. The Morgan fingerprint density at radius 3 is 2.44 bits per heavy atom. The first-order valence-corrected chi connectivity index (χ1v) is 6.26. The van der Waals surface area contributed by atoms with Crippen LogP contribution in [0.3, 0.4) is 0 Å². The van der Waals surface area contributed by atoms with Crippen LogP contribution in [0.1, 0.15) is 31.2 Å². The van der Waals surface area contributed by atoms with Gasteiger partial charge in [0.15, 0.2) is 0 Å². The molecule has 84 valence electrons. The number of amidine groups is 1. The first kappa shape index (κ1) is 9.88. The molecular formula is C14H18N2. The molecule has 0 amide bonds. The molecule has 2 heteroatoms. The number of rotatable bonds is 2. The minimum atomic E-state index is 0.206. The number of nitrogens with one attached hydrogen (secondary N) is 1. The summed E-state index contributed by atoms with van der Waals surface area (Å²) >= 11 is 0. The molecule has 0 spiro atoms. The Hall–Kier alpha value is -1.31. The molecule has 0 bridgehead atoms. The summed E-state index contributed by atoms with van der Waals surface area (Å²) < 4.78 is 0. The first-order chi connectivity index (χ1) is 7.92.